The molecule has 6 heteroatoms. The van der Waals surface area contributed by atoms with E-state index in [-0.39, 0.29) is 17.7 Å². The van der Waals surface area contributed by atoms with Crippen molar-refractivity contribution in [3.05, 3.63) is 41.2 Å². The Bertz CT molecular complexity index is 486. The molecule has 0 radical (unpaired) electrons. The van der Waals surface area contributed by atoms with E-state index in [4.69, 9.17) is 4.74 Å². The van der Waals surface area contributed by atoms with Crippen LogP contribution in [0.3, 0.4) is 0 Å². The molecule has 0 unspecified atom stereocenters. The molecule has 0 aromatic heterocycles. The van der Waals surface area contributed by atoms with Gasteiger partial charge < -0.3 is 8.57 Å². The molecule has 0 spiro atoms. The maximum absolute atomic E-state index is 13.1. The summed E-state index contributed by atoms with van der Waals surface area (Å²) in [6.45, 7) is 5.88. The van der Waals surface area contributed by atoms with Gasteiger partial charge in [-0.25, -0.2) is 14.0 Å². The number of hydrogen-bond donors (Lipinski definition) is 0. The van der Waals surface area contributed by atoms with Crippen molar-refractivity contribution < 1.29 is 22.5 Å². The highest BCUT2D eigenvalue weighted by atomic mass is 79.9. The van der Waals surface area contributed by atoms with Crippen LogP contribution in [-0.4, -0.2) is 18.5 Å². The highest BCUT2D eigenvalue weighted by molar-refractivity contribution is 9.06. The number of halogens is 2. The first kappa shape index (κ1) is 18.3. The van der Waals surface area contributed by atoms with Crippen LogP contribution in [0.1, 0.15) is 36.7 Å². The minimum atomic E-state index is -0.672. The van der Waals surface area contributed by atoms with Crippen LogP contribution in [-0.2, 0) is 13.4 Å². The average molecular weight is 347 g/mol. The van der Waals surface area contributed by atoms with Gasteiger partial charge >= 0.3 is 11.9 Å². The van der Waals surface area contributed by atoms with Crippen LogP contribution in [0.5, 0.6) is 0 Å². The summed E-state index contributed by atoms with van der Waals surface area (Å²) in [6.07, 6.45) is 2.34. The molecule has 0 atom stereocenters. The second-order valence-electron chi connectivity index (χ2n) is 3.18. The first-order chi connectivity index (χ1) is 9.58. The molecule has 110 valence electrons. The number of hydrogen-bond acceptors (Lipinski definition) is 4. The van der Waals surface area contributed by atoms with Crippen molar-refractivity contribution in [2.75, 3.05) is 6.61 Å². The van der Waals surface area contributed by atoms with Gasteiger partial charge in [-0.15, -0.1) is 0 Å². The summed E-state index contributed by atoms with van der Waals surface area (Å²) in [7, 11) is 0. The van der Waals surface area contributed by atoms with Crippen LogP contribution in [0.25, 0.3) is 6.08 Å². The van der Waals surface area contributed by atoms with Gasteiger partial charge in [0.1, 0.15) is 5.82 Å². The molecule has 0 amide bonds. The van der Waals surface area contributed by atoms with E-state index in [2.05, 4.69) is 20.1 Å². The predicted molar refractivity (Wildman–Crippen MR) is 77.8 cm³/mol. The van der Waals surface area contributed by atoms with E-state index in [1.54, 1.807) is 6.92 Å². The van der Waals surface area contributed by atoms with Crippen LogP contribution < -0.4 is 0 Å². The molecule has 0 saturated carbocycles. The second kappa shape index (κ2) is 10.1. The van der Waals surface area contributed by atoms with Crippen LogP contribution in [0.15, 0.2) is 24.3 Å². The Morgan fingerprint density at radius 2 is 2.00 bits per heavy atom. The Kier molecular flexibility index (Phi) is 9.28. The zero-order valence-corrected chi connectivity index (χ0v) is 13.1. The van der Waals surface area contributed by atoms with Crippen molar-refractivity contribution in [2.45, 2.75) is 20.8 Å². The molecule has 20 heavy (non-hydrogen) atoms. The molecule has 1 aromatic rings. The zero-order chi connectivity index (χ0) is 15.5. The third-order valence-corrected chi connectivity index (χ3v) is 2.30. The molecule has 0 heterocycles. The van der Waals surface area contributed by atoms with Crippen molar-refractivity contribution in [3.8, 4) is 0 Å². The summed E-state index contributed by atoms with van der Waals surface area (Å²) in [5, 5.41) is 0. The molecular weight excluding hydrogens is 331 g/mol. The molecule has 1 aromatic carbocycles. The third-order valence-electron chi connectivity index (χ3n) is 1.98. The van der Waals surface area contributed by atoms with Crippen LogP contribution in [0.2, 0.25) is 0 Å². The minimum Gasteiger partial charge on any atom is -0.462 e. The number of rotatable bonds is 4. The molecular formula is C14H16BrFO4. The average Bonchev–Trinajstić information content (AvgIpc) is 2.47. The topological polar surface area (TPSA) is 52.6 Å². The number of carbonyl (C=O) groups is 2. The van der Waals surface area contributed by atoms with E-state index >= 15 is 0 Å². The van der Waals surface area contributed by atoms with E-state index in [9.17, 15) is 14.0 Å². The SMILES string of the molecule is CC.CCOC(=O)c1ccc(F)cc1/C=C/C(=O)OBr. The number of esters is 1. The van der Waals surface area contributed by atoms with Gasteiger partial charge in [-0.2, -0.15) is 0 Å². The van der Waals surface area contributed by atoms with E-state index in [0.717, 1.165) is 18.2 Å². The fourth-order valence-corrected chi connectivity index (χ4v) is 1.36. The fraction of sp³-hybridized carbons (Fsp3) is 0.286. The van der Waals surface area contributed by atoms with Gasteiger partial charge in [0.05, 0.1) is 12.2 Å². The van der Waals surface area contributed by atoms with E-state index in [1.807, 2.05) is 13.8 Å². The first-order valence-corrected chi connectivity index (χ1v) is 6.70. The maximum Gasteiger partial charge on any atom is 0.342 e. The lowest BCUT2D eigenvalue weighted by Gasteiger charge is -2.05. The molecule has 4 nitrogen and oxygen atoms in total. The summed E-state index contributed by atoms with van der Waals surface area (Å²) in [6, 6.07) is 3.57. The Morgan fingerprint density at radius 1 is 1.35 bits per heavy atom. The molecule has 1 rings (SSSR count). The molecule has 0 bridgehead atoms. The normalized spacial score (nSPS) is 9.65. The van der Waals surface area contributed by atoms with Gasteiger partial charge in [-0.3, -0.25) is 0 Å². The highest BCUT2D eigenvalue weighted by Crippen LogP contribution is 2.15. The molecule has 0 N–H and O–H groups in total. The maximum atomic E-state index is 13.1. The number of carbonyl (C=O) groups excluding carboxylic acids is 2. The van der Waals surface area contributed by atoms with Crippen molar-refractivity contribution in [3.63, 3.8) is 0 Å². The lowest BCUT2D eigenvalue weighted by Crippen LogP contribution is -2.07. The van der Waals surface area contributed by atoms with Gasteiger partial charge in [-0.05, 0) is 36.8 Å². The first-order valence-electron chi connectivity index (χ1n) is 6.05. The summed E-state index contributed by atoms with van der Waals surface area (Å²) >= 11 is 2.51. The lowest BCUT2D eigenvalue weighted by molar-refractivity contribution is -0.126. The highest BCUT2D eigenvalue weighted by Gasteiger charge is 2.11. The van der Waals surface area contributed by atoms with Crippen LogP contribution >= 0.6 is 16.3 Å². The predicted octanol–water partition coefficient (Wildman–Crippen LogP) is 3.89. The van der Waals surface area contributed by atoms with E-state index in [1.165, 1.54) is 12.1 Å². The quantitative estimate of drug-likeness (QED) is 0.612. The zero-order valence-electron chi connectivity index (χ0n) is 11.5. The lowest BCUT2D eigenvalue weighted by atomic mass is 10.1. The standard InChI is InChI=1S/C12H10BrFO4.C2H6/c1-2-17-12(16)10-5-4-9(14)7-8(10)3-6-11(15)18-13;1-2/h3-7H,2H2,1H3;1-2H3/b6-3+;. The van der Waals surface area contributed by atoms with Crippen molar-refractivity contribution in [1.82, 2.24) is 0 Å². The molecule has 0 saturated heterocycles. The largest absolute Gasteiger partial charge is 0.462 e. The van der Waals surface area contributed by atoms with Gasteiger partial charge in [0, 0.05) is 6.08 Å². The Labute approximate surface area is 126 Å². The minimum absolute atomic E-state index is 0.178. The van der Waals surface area contributed by atoms with Crippen molar-refractivity contribution in [2.24, 2.45) is 0 Å². The Hall–Kier alpha value is -1.69. The van der Waals surface area contributed by atoms with E-state index in [0.29, 0.717) is 0 Å². The van der Waals surface area contributed by atoms with Crippen LogP contribution in [0.4, 0.5) is 4.39 Å². The smallest absolute Gasteiger partial charge is 0.342 e. The molecule has 0 aliphatic carbocycles. The monoisotopic (exact) mass is 346 g/mol. The Morgan fingerprint density at radius 3 is 2.55 bits per heavy atom. The summed E-state index contributed by atoms with van der Waals surface area (Å²) in [5.74, 6) is -1.77. The Balaban J connectivity index is 0.00000172. The summed E-state index contributed by atoms with van der Waals surface area (Å²) in [5.41, 5.74) is 0.420. The third kappa shape index (κ3) is 5.97. The number of benzene rings is 1. The van der Waals surface area contributed by atoms with Crippen molar-refractivity contribution >= 4 is 34.3 Å². The van der Waals surface area contributed by atoms with E-state index < -0.39 is 17.8 Å². The van der Waals surface area contributed by atoms with Crippen molar-refractivity contribution in [1.29, 1.82) is 0 Å². The summed E-state index contributed by atoms with van der Waals surface area (Å²) < 4.78 is 22.1. The second-order valence-corrected chi connectivity index (χ2v) is 3.51. The summed E-state index contributed by atoms with van der Waals surface area (Å²) in [4.78, 5) is 22.5. The van der Waals surface area contributed by atoms with Gasteiger partial charge in [0.25, 0.3) is 0 Å². The van der Waals surface area contributed by atoms with Gasteiger partial charge in [0.15, 0.2) is 16.3 Å². The van der Waals surface area contributed by atoms with Gasteiger partial charge in [0.2, 0.25) is 0 Å². The fourth-order valence-electron chi connectivity index (χ4n) is 1.25. The molecule has 0 fully saturated rings. The van der Waals surface area contributed by atoms with Crippen LogP contribution in [0, 0.1) is 5.82 Å². The molecule has 0 aliphatic heterocycles. The number of ether oxygens (including phenoxy) is 1. The molecule has 0 aliphatic rings. The van der Waals surface area contributed by atoms with Gasteiger partial charge in [-0.1, -0.05) is 13.8 Å².